The van der Waals surface area contributed by atoms with E-state index in [4.69, 9.17) is 4.52 Å². The number of likely N-dealkylation sites (N-methyl/N-ethyl adjacent to an activating group) is 1. The molecule has 0 aliphatic carbocycles. The molecule has 0 amide bonds. The number of pyridine rings is 1. The Balaban J connectivity index is 1.32. The van der Waals surface area contributed by atoms with Crippen molar-refractivity contribution in [2.24, 2.45) is 0 Å². The van der Waals surface area contributed by atoms with Crippen LogP contribution in [0.4, 0.5) is 5.82 Å². The van der Waals surface area contributed by atoms with E-state index < -0.39 is 0 Å². The molecule has 0 unspecified atom stereocenters. The summed E-state index contributed by atoms with van der Waals surface area (Å²) in [6.45, 7) is 13.2. The molecular formula is C26H32N8O. The Morgan fingerprint density at radius 1 is 0.943 bits per heavy atom. The van der Waals surface area contributed by atoms with Crippen LogP contribution in [0.1, 0.15) is 37.7 Å². The van der Waals surface area contributed by atoms with Gasteiger partial charge in [-0.3, -0.25) is 0 Å². The van der Waals surface area contributed by atoms with Crippen LogP contribution in [0.5, 0.6) is 0 Å². The molecule has 3 aromatic heterocycles. The molecule has 1 aliphatic heterocycles. The summed E-state index contributed by atoms with van der Waals surface area (Å²) in [7, 11) is 2.15. The fourth-order valence-corrected chi connectivity index (χ4v) is 4.15. The Bertz CT molecular complexity index is 1290. The Kier molecular flexibility index (Phi) is 6.10. The van der Waals surface area contributed by atoms with Gasteiger partial charge < -0.3 is 14.3 Å². The number of anilines is 1. The Hall–Kier alpha value is -3.59. The monoisotopic (exact) mass is 472 g/mol. The molecule has 0 radical (unpaired) electrons. The first kappa shape index (κ1) is 23.2. The normalized spacial score (nSPS) is 15.1. The van der Waals surface area contributed by atoms with E-state index in [0.29, 0.717) is 24.1 Å². The van der Waals surface area contributed by atoms with Crippen molar-refractivity contribution in [2.75, 3.05) is 38.1 Å². The van der Waals surface area contributed by atoms with Gasteiger partial charge in [-0.1, -0.05) is 50.2 Å². The third-order valence-corrected chi connectivity index (χ3v) is 6.45. The highest BCUT2D eigenvalue weighted by Gasteiger charge is 2.19. The van der Waals surface area contributed by atoms with Gasteiger partial charge in [0.05, 0.1) is 6.54 Å². The Morgan fingerprint density at radius 2 is 1.69 bits per heavy atom. The molecule has 35 heavy (non-hydrogen) atoms. The van der Waals surface area contributed by atoms with Crippen molar-refractivity contribution in [2.45, 2.75) is 39.7 Å². The van der Waals surface area contributed by atoms with Crippen LogP contribution < -0.4 is 4.90 Å². The first-order valence-corrected chi connectivity index (χ1v) is 12.0. The van der Waals surface area contributed by atoms with E-state index in [1.165, 1.54) is 5.56 Å². The van der Waals surface area contributed by atoms with Gasteiger partial charge in [0.2, 0.25) is 11.6 Å². The van der Waals surface area contributed by atoms with E-state index in [9.17, 15) is 0 Å². The molecule has 0 bridgehead atoms. The number of hydrogen-bond donors (Lipinski definition) is 0. The van der Waals surface area contributed by atoms with Crippen LogP contribution >= 0.6 is 0 Å². The van der Waals surface area contributed by atoms with Crippen LogP contribution in [0.2, 0.25) is 0 Å². The van der Waals surface area contributed by atoms with Gasteiger partial charge >= 0.3 is 0 Å². The molecule has 0 spiro atoms. The molecule has 5 rings (SSSR count). The van der Waals surface area contributed by atoms with E-state index in [1.54, 1.807) is 0 Å². The summed E-state index contributed by atoms with van der Waals surface area (Å²) in [5.41, 5.74) is 3.37. The lowest BCUT2D eigenvalue weighted by atomic mass is 9.87. The van der Waals surface area contributed by atoms with Gasteiger partial charge in [0, 0.05) is 37.9 Å². The van der Waals surface area contributed by atoms with Crippen LogP contribution in [-0.4, -0.2) is 68.0 Å². The standard InChI is InChI=1S/C26H32N8O/c1-18-28-24(25-29-23(31-35-25)20-6-8-21(9-7-20)26(2,3)4)30-34(18)17-19-10-11-27-22(16-19)33-14-12-32(5)13-15-33/h6-11,16H,12-15,17H2,1-5H3. The molecule has 9 nitrogen and oxygen atoms in total. The topological polar surface area (TPSA) is 89.0 Å². The lowest BCUT2D eigenvalue weighted by Crippen LogP contribution is -2.44. The van der Waals surface area contributed by atoms with E-state index in [-0.39, 0.29) is 5.41 Å². The molecule has 1 saturated heterocycles. The minimum absolute atomic E-state index is 0.0926. The summed E-state index contributed by atoms with van der Waals surface area (Å²) in [6.07, 6.45) is 1.87. The van der Waals surface area contributed by atoms with Crippen LogP contribution in [0.25, 0.3) is 23.1 Å². The van der Waals surface area contributed by atoms with E-state index >= 15 is 0 Å². The van der Waals surface area contributed by atoms with Crippen LogP contribution in [-0.2, 0) is 12.0 Å². The number of aryl methyl sites for hydroxylation is 1. The molecule has 0 saturated carbocycles. The van der Waals surface area contributed by atoms with E-state index in [2.05, 4.69) is 81.0 Å². The maximum absolute atomic E-state index is 5.51. The van der Waals surface area contributed by atoms with Crippen molar-refractivity contribution in [3.05, 3.63) is 59.5 Å². The minimum Gasteiger partial charge on any atom is -0.354 e. The SMILES string of the molecule is Cc1nc(-c2nc(-c3ccc(C(C)(C)C)cc3)no2)nn1Cc1ccnc(N2CCN(C)CC2)c1. The molecule has 1 aromatic carbocycles. The van der Waals surface area contributed by atoms with Crippen molar-refractivity contribution >= 4 is 5.82 Å². The third kappa shape index (κ3) is 5.09. The van der Waals surface area contributed by atoms with Gasteiger partial charge in [-0.15, -0.1) is 5.10 Å². The second kappa shape index (κ2) is 9.22. The zero-order valence-corrected chi connectivity index (χ0v) is 21.1. The smallest absolute Gasteiger partial charge is 0.297 e. The van der Waals surface area contributed by atoms with Crippen LogP contribution in [0.3, 0.4) is 0 Å². The summed E-state index contributed by atoms with van der Waals surface area (Å²) >= 11 is 0. The second-order valence-electron chi connectivity index (χ2n) is 10.2. The van der Waals surface area contributed by atoms with Crippen molar-refractivity contribution < 1.29 is 4.52 Å². The van der Waals surface area contributed by atoms with Crippen molar-refractivity contribution in [1.29, 1.82) is 0 Å². The fraction of sp³-hybridized carbons (Fsp3) is 0.423. The molecule has 182 valence electrons. The summed E-state index contributed by atoms with van der Waals surface area (Å²) in [5.74, 6) is 3.07. The van der Waals surface area contributed by atoms with Gasteiger partial charge in [0.25, 0.3) is 5.89 Å². The molecule has 0 atom stereocenters. The maximum Gasteiger partial charge on any atom is 0.297 e. The van der Waals surface area contributed by atoms with Crippen molar-refractivity contribution in [3.63, 3.8) is 0 Å². The molecular weight excluding hydrogens is 440 g/mol. The average Bonchev–Trinajstić information content (AvgIpc) is 3.47. The predicted octanol–water partition coefficient (Wildman–Crippen LogP) is 3.80. The largest absolute Gasteiger partial charge is 0.354 e. The summed E-state index contributed by atoms with van der Waals surface area (Å²) in [4.78, 5) is 18.4. The number of piperazine rings is 1. The highest BCUT2D eigenvalue weighted by Crippen LogP contribution is 2.26. The summed E-state index contributed by atoms with van der Waals surface area (Å²) < 4.78 is 7.37. The average molecular weight is 473 g/mol. The molecule has 1 aliphatic rings. The first-order valence-electron chi connectivity index (χ1n) is 12.0. The third-order valence-electron chi connectivity index (χ3n) is 6.45. The number of nitrogens with zero attached hydrogens (tertiary/aromatic N) is 8. The molecule has 4 aromatic rings. The number of rotatable bonds is 5. The lowest BCUT2D eigenvalue weighted by Gasteiger charge is -2.33. The minimum atomic E-state index is 0.0926. The summed E-state index contributed by atoms with van der Waals surface area (Å²) in [6, 6.07) is 12.4. The summed E-state index contributed by atoms with van der Waals surface area (Å²) in [5, 5.41) is 8.80. The first-order chi connectivity index (χ1) is 16.8. The molecule has 4 heterocycles. The van der Waals surface area contributed by atoms with Gasteiger partial charge in [-0.2, -0.15) is 4.98 Å². The van der Waals surface area contributed by atoms with Gasteiger partial charge in [-0.05, 0) is 42.6 Å². The highest BCUT2D eigenvalue weighted by atomic mass is 16.5. The van der Waals surface area contributed by atoms with Crippen molar-refractivity contribution in [1.82, 2.24) is 34.8 Å². The Morgan fingerprint density at radius 3 is 2.40 bits per heavy atom. The Labute approximate surface area is 205 Å². The second-order valence-corrected chi connectivity index (χ2v) is 10.2. The lowest BCUT2D eigenvalue weighted by molar-refractivity contribution is 0.312. The van der Waals surface area contributed by atoms with Crippen LogP contribution in [0.15, 0.2) is 47.1 Å². The number of aromatic nitrogens is 6. The molecule has 9 heteroatoms. The maximum atomic E-state index is 5.51. The highest BCUT2D eigenvalue weighted by molar-refractivity contribution is 5.57. The van der Waals surface area contributed by atoms with E-state index in [0.717, 1.165) is 48.9 Å². The quantitative estimate of drug-likeness (QED) is 0.433. The zero-order chi connectivity index (χ0) is 24.6. The predicted molar refractivity (Wildman–Crippen MR) is 135 cm³/mol. The van der Waals surface area contributed by atoms with E-state index in [1.807, 2.05) is 36.0 Å². The van der Waals surface area contributed by atoms with Crippen LogP contribution in [0, 0.1) is 6.92 Å². The fourth-order valence-electron chi connectivity index (χ4n) is 4.15. The number of benzene rings is 1. The molecule has 0 N–H and O–H groups in total. The van der Waals surface area contributed by atoms with Gasteiger partial charge in [-0.25, -0.2) is 14.6 Å². The van der Waals surface area contributed by atoms with Gasteiger partial charge in [0.1, 0.15) is 11.6 Å². The number of hydrogen-bond acceptors (Lipinski definition) is 8. The molecule has 1 fully saturated rings. The zero-order valence-electron chi connectivity index (χ0n) is 21.1. The van der Waals surface area contributed by atoms with Crippen molar-refractivity contribution in [3.8, 4) is 23.1 Å². The van der Waals surface area contributed by atoms with Gasteiger partial charge in [0.15, 0.2) is 0 Å².